The fourth-order valence-electron chi connectivity index (χ4n) is 10.2. The molecule has 0 atom stereocenters. The molecule has 0 unspecified atom stereocenters. The number of ether oxygens (including phenoxy) is 1. The van der Waals surface area contributed by atoms with Gasteiger partial charge in [0.2, 0.25) is 6.71 Å². The van der Waals surface area contributed by atoms with Crippen molar-refractivity contribution in [3.63, 3.8) is 0 Å². The molecule has 0 amide bonds. The second kappa shape index (κ2) is 12.5. The number of aromatic nitrogens is 1. The molecule has 3 nitrogen and oxygen atoms in total. The van der Waals surface area contributed by atoms with Gasteiger partial charge in [-0.2, -0.15) is 0 Å². The van der Waals surface area contributed by atoms with E-state index in [1.54, 1.807) is 0 Å². The highest BCUT2D eigenvalue weighted by atomic mass is 16.5. The van der Waals surface area contributed by atoms with Gasteiger partial charge in [-0.1, -0.05) is 140 Å². The number of hydrogen-bond acceptors (Lipinski definition) is 2. The maximum Gasteiger partial charge on any atom is 0.224 e. The molecule has 11 aromatic rings. The lowest BCUT2D eigenvalue weighted by atomic mass is 9.34. The normalized spacial score (nSPS) is 12.8. The molecular weight excluding hydrogens is 717 g/mol. The summed E-state index contributed by atoms with van der Waals surface area (Å²) in [6.07, 6.45) is 0.919. The van der Waals surface area contributed by atoms with Crippen LogP contribution in [0.3, 0.4) is 0 Å². The van der Waals surface area contributed by atoms with E-state index in [1.807, 2.05) is 12.1 Å². The van der Waals surface area contributed by atoms with Gasteiger partial charge in [0, 0.05) is 27.1 Å². The van der Waals surface area contributed by atoms with Crippen LogP contribution >= 0.6 is 0 Å². The third-order valence-electron chi connectivity index (χ3n) is 12.8. The lowest BCUT2D eigenvalue weighted by Crippen LogP contribution is -2.51. The smallest absolute Gasteiger partial charge is 0.224 e. The Morgan fingerprint density at radius 2 is 1.08 bits per heavy atom. The monoisotopic (exact) mass is 751 g/mol. The Kier molecular flexibility index (Phi) is 6.87. The first-order chi connectivity index (χ1) is 29.2. The van der Waals surface area contributed by atoms with Crippen molar-refractivity contribution in [1.29, 1.82) is 0 Å². The number of hydrogen-bond donors (Lipinski definition) is 0. The Hall–Kier alpha value is -7.56. The first-order valence-corrected chi connectivity index (χ1v) is 20.4. The van der Waals surface area contributed by atoms with E-state index >= 15 is 0 Å². The van der Waals surface area contributed by atoms with Crippen molar-refractivity contribution in [3.8, 4) is 61.7 Å². The molecule has 0 bridgehead atoms. The summed E-state index contributed by atoms with van der Waals surface area (Å²) in [5.74, 6) is 1.87. The Bertz CT molecular complexity index is 3480. The first-order valence-electron chi connectivity index (χ1n) is 20.4. The van der Waals surface area contributed by atoms with E-state index in [1.165, 1.54) is 71.8 Å². The van der Waals surface area contributed by atoms with Gasteiger partial charge in [-0.25, -0.2) is 0 Å². The van der Waals surface area contributed by atoms with Crippen LogP contribution in [0, 0.1) is 0 Å². The van der Waals surface area contributed by atoms with Crippen LogP contribution in [0.2, 0.25) is 0 Å². The summed E-state index contributed by atoms with van der Waals surface area (Å²) in [6.45, 7) is 0.159. The van der Waals surface area contributed by atoms with E-state index in [9.17, 15) is 0 Å². The number of furan rings is 1. The summed E-state index contributed by atoms with van der Waals surface area (Å²) < 4.78 is 15.7. The molecule has 4 heteroatoms. The molecule has 0 aliphatic carbocycles. The van der Waals surface area contributed by atoms with Crippen molar-refractivity contribution >= 4 is 61.4 Å². The number of para-hydroxylation sites is 4. The summed E-state index contributed by atoms with van der Waals surface area (Å²) in [6, 6.07) is 70.3. The molecule has 0 saturated carbocycles. The van der Waals surface area contributed by atoms with Crippen LogP contribution < -0.4 is 15.7 Å². The van der Waals surface area contributed by atoms with Crippen molar-refractivity contribution in [1.82, 2.24) is 4.57 Å². The molecule has 59 heavy (non-hydrogen) atoms. The average molecular weight is 752 g/mol. The van der Waals surface area contributed by atoms with Gasteiger partial charge in [-0.15, -0.1) is 0 Å². The summed E-state index contributed by atoms with van der Waals surface area (Å²) in [5, 5.41) is 4.80. The fourth-order valence-corrected chi connectivity index (χ4v) is 10.2. The molecular formula is C55H34BNO2. The number of benzene rings is 9. The highest BCUT2D eigenvalue weighted by Gasteiger charge is 2.38. The minimum Gasteiger partial charge on any atom is -0.458 e. The maximum absolute atomic E-state index is 7.00. The zero-order valence-electron chi connectivity index (χ0n) is 32.0. The molecule has 0 radical (unpaired) electrons. The predicted molar refractivity (Wildman–Crippen MR) is 245 cm³/mol. The molecule has 0 N–H and O–H groups in total. The van der Waals surface area contributed by atoms with Gasteiger partial charge in [0.1, 0.15) is 22.7 Å². The Balaban J connectivity index is 0.949. The summed E-state index contributed by atoms with van der Waals surface area (Å²) in [5.41, 5.74) is 18.8. The number of fused-ring (bicyclic) bond motifs is 10. The van der Waals surface area contributed by atoms with Gasteiger partial charge in [0.25, 0.3) is 0 Å². The predicted octanol–water partition coefficient (Wildman–Crippen LogP) is 13.2. The van der Waals surface area contributed by atoms with Crippen molar-refractivity contribution in [2.45, 2.75) is 6.32 Å². The third kappa shape index (κ3) is 4.84. The van der Waals surface area contributed by atoms with Gasteiger partial charge in [0.15, 0.2) is 0 Å². The second-order valence-electron chi connectivity index (χ2n) is 15.9. The molecule has 2 aliphatic rings. The molecule has 13 rings (SSSR count). The van der Waals surface area contributed by atoms with Crippen LogP contribution in [0.25, 0.3) is 93.9 Å². The Labute approximate surface area is 341 Å². The zero-order chi connectivity index (χ0) is 38.6. The van der Waals surface area contributed by atoms with Crippen LogP contribution in [0.15, 0.2) is 199 Å². The van der Waals surface area contributed by atoms with Crippen molar-refractivity contribution in [3.05, 3.63) is 200 Å². The SMILES string of the molecule is c1cc(-c2cc3c4c(c2)-c2ccccc2CB4c2cc(-c4ccccc4-n4c5ccccc5c5ccccc54)ccc2O3)cc(-c2cccc3oc4ccccc4c23)c1. The van der Waals surface area contributed by atoms with Crippen LogP contribution in [0.1, 0.15) is 5.56 Å². The number of nitrogens with zero attached hydrogens (tertiary/aromatic N) is 1. The largest absolute Gasteiger partial charge is 0.458 e. The quantitative estimate of drug-likeness (QED) is 0.168. The van der Waals surface area contributed by atoms with Gasteiger partial charge in [-0.3, -0.25) is 0 Å². The minimum atomic E-state index is 0.159. The first kappa shape index (κ1) is 32.5. The highest BCUT2D eigenvalue weighted by molar-refractivity contribution is 6.88. The van der Waals surface area contributed by atoms with Crippen molar-refractivity contribution in [2.75, 3.05) is 0 Å². The van der Waals surface area contributed by atoms with E-state index in [0.29, 0.717) is 0 Å². The Morgan fingerprint density at radius 3 is 1.95 bits per heavy atom. The maximum atomic E-state index is 7.00. The molecule has 9 aromatic carbocycles. The summed E-state index contributed by atoms with van der Waals surface area (Å²) >= 11 is 0. The van der Waals surface area contributed by atoms with Gasteiger partial charge < -0.3 is 13.7 Å². The van der Waals surface area contributed by atoms with Crippen LogP contribution in [0.4, 0.5) is 0 Å². The second-order valence-corrected chi connectivity index (χ2v) is 15.9. The van der Waals surface area contributed by atoms with Gasteiger partial charge in [0.05, 0.1) is 16.7 Å². The molecule has 4 heterocycles. The van der Waals surface area contributed by atoms with E-state index in [2.05, 4.69) is 187 Å². The third-order valence-corrected chi connectivity index (χ3v) is 12.8. The van der Waals surface area contributed by atoms with Crippen LogP contribution in [0.5, 0.6) is 11.5 Å². The lowest BCUT2D eigenvalue weighted by Gasteiger charge is -2.34. The molecule has 2 aromatic heterocycles. The summed E-state index contributed by atoms with van der Waals surface area (Å²) in [7, 11) is 0. The lowest BCUT2D eigenvalue weighted by molar-refractivity contribution is 0.487. The molecule has 0 saturated heterocycles. The van der Waals surface area contributed by atoms with E-state index in [0.717, 1.165) is 56.4 Å². The molecule has 274 valence electrons. The Morgan fingerprint density at radius 1 is 0.424 bits per heavy atom. The van der Waals surface area contributed by atoms with Gasteiger partial charge in [-0.05, 0) is 116 Å². The van der Waals surface area contributed by atoms with Crippen LogP contribution in [-0.2, 0) is 6.32 Å². The van der Waals surface area contributed by atoms with E-state index < -0.39 is 0 Å². The van der Waals surface area contributed by atoms with Gasteiger partial charge >= 0.3 is 0 Å². The topological polar surface area (TPSA) is 27.3 Å². The molecule has 2 aliphatic heterocycles. The van der Waals surface area contributed by atoms with Crippen LogP contribution in [-0.4, -0.2) is 11.3 Å². The molecule has 0 fully saturated rings. The standard InChI is InChI=1S/C55H34BNO2/c1-2-16-39-37(13-1)33-56-46-31-36(40-17-3-7-22-47(40)57-48-23-8-4-18-42(48)43-19-5-9-24-49(43)57)27-28-51(46)59-53-32-38(30-45(39)55(53)56)34-14-11-15-35(29-34)41-21-12-26-52-54(41)44-20-6-10-25-50(44)58-52/h1-32H,33H2. The molecule has 0 spiro atoms. The summed E-state index contributed by atoms with van der Waals surface area (Å²) in [4.78, 5) is 0. The van der Waals surface area contributed by atoms with Crippen molar-refractivity contribution in [2.24, 2.45) is 0 Å². The minimum absolute atomic E-state index is 0.159. The number of rotatable bonds is 4. The zero-order valence-corrected chi connectivity index (χ0v) is 32.0. The van der Waals surface area contributed by atoms with Crippen molar-refractivity contribution < 1.29 is 9.15 Å². The van der Waals surface area contributed by atoms with E-state index in [-0.39, 0.29) is 6.71 Å². The van der Waals surface area contributed by atoms with E-state index in [4.69, 9.17) is 9.15 Å². The average Bonchev–Trinajstić information content (AvgIpc) is 3.85. The fraction of sp³-hybridized carbons (Fsp3) is 0.0182. The highest BCUT2D eigenvalue weighted by Crippen LogP contribution is 2.43.